The maximum absolute atomic E-state index is 6.77. The second kappa shape index (κ2) is 8.29. The van der Waals surface area contributed by atoms with Gasteiger partial charge < -0.3 is 4.42 Å². The van der Waals surface area contributed by atoms with Gasteiger partial charge in [0.2, 0.25) is 0 Å². The van der Waals surface area contributed by atoms with Crippen LogP contribution in [0.2, 0.25) is 0 Å². The molecule has 9 rings (SSSR count). The summed E-state index contributed by atoms with van der Waals surface area (Å²) in [6.07, 6.45) is 0. The summed E-state index contributed by atoms with van der Waals surface area (Å²) in [4.78, 5) is 0. The molecule has 40 heavy (non-hydrogen) atoms. The Bertz CT molecular complexity index is 2440. The van der Waals surface area contributed by atoms with Gasteiger partial charge in [0.15, 0.2) is 0 Å². The smallest absolute Gasteiger partial charge is 0.144 e. The lowest BCUT2D eigenvalue weighted by Gasteiger charge is -2.15. The van der Waals surface area contributed by atoms with Crippen LogP contribution in [0.5, 0.6) is 0 Å². The fourth-order valence-electron chi connectivity index (χ4n) is 6.46. The minimum atomic E-state index is 0.915. The van der Waals surface area contributed by atoms with E-state index >= 15 is 0 Å². The third-order valence-corrected chi connectivity index (χ3v) is 9.39. The fourth-order valence-corrected chi connectivity index (χ4v) is 7.55. The van der Waals surface area contributed by atoms with Crippen molar-refractivity contribution in [1.82, 2.24) is 0 Å². The molecule has 0 saturated carbocycles. The van der Waals surface area contributed by atoms with Crippen LogP contribution >= 0.6 is 11.3 Å². The van der Waals surface area contributed by atoms with E-state index in [0.29, 0.717) is 0 Å². The molecule has 7 aromatic carbocycles. The zero-order chi connectivity index (χ0) is 26.2. The van der Waals surface area contributed by atoms with E-state index in [4.69, 9.17) is 4.42 Å². The van der Waals surface area contributed by atoms with E-state index in [1.165, 1.54) is 63.8 Å². The molecule has 1 nitrogen and oxygen atoms in total. The third-order valence-electron chi connectivity index (χ3n) is 8.24. The van der Waals surface area contributed by atoms with E-state index in [1.54, 1.807) is 0 Å². The van der Waals surface area contributed by atoms with Crippen LogP contribution in [0.3, 0.4) is 0 Å². The fraction of sp³-hybridized carbons (Fsp3) is 0. The molecule has 2 heteroatoms. The molecule has 2 heterocycles. The van der Waals surface area contributed by atoms with Crippen molar-refractivity contribution in [2.24, 2.45) is 0 Å². The normalized spacial score (nSPS) is 12.0. The summed E-state index contributed by atoms with van der Waals surface area (Å²) in [5.41, 5.74) is 6.63. The van der Waals surface area contributed by atoms with Crippen LogP contribution in [0.25, 0.3) is 85.9 Å². The van der Waals surface area contributed by atoms with Crippen LogP contribution in [0.15, 0.2) is 138 Å². The van der Waals surface area contributed by atoms with Crippen molar-refractivity contribution in [2.75, 3.05) is 0 Å². The van der Waals surface area contributed by atoms with Crippen molar-refractivity contribution in [3.05, 3.63) is 133 Å². The predicted octanol–water partition coefficient (Wildman–Crippen LogP) is 11.6. The van der Waals surface area contributed by atoms with Crippen molar-refractivity contribution in [3.63, 3.8) is 0 Å². The highest BCUT2D eigenvalue weighted by Gasteiger charge is 2.22. The first-order valence-corrected chi connectivity index (χ1v) is 14.4. The predicted molar refractivity (Wildman–Crippen MR) is 172 cm³/mol. The molecule has 0 bridgehead atoms. The first-order valence-electron chi connectivity index (χ1n) is 13.6. The molecule has 0 aliphatic heterocycles. The molecular weight excluding hydrogens is 504 g/mol. The standard InChI is InChI=1S/C38H22OS/c1-2-10-24-21-25(18-17-23(24)9-1)36-29-13-4-3-12-28(29)35(37-30-14-5-7-15-32(30)39-38(36)37)26-19-20-34-31(22-26)27-11-6-8-16-33(27)40-34/h1-22H. The summed E-state index contributed by atoms with van der Waals surface area (Å²) >= 11 is 1.86. The molecule has 9 aromatic rings. The van der Waals surface area contributed by atoms with Gasteiger partial charge in [-0.15, -0.1) is 11.3 Å². The highest BCUT2D eigenvalue weighted by atomic mass is 32.1. The maximum atomic E-state index is 6.77. The lowest BCUT2D eigenvalue weighted by molar-refractivity contribution is 0.670. The van der Waals surface area contributed by atoms with E-state index < -0.39 is 0 Å². The zero-order valence-corrected chi connectivity index (χ0v) is 22.3. The Morgan fingerprint density at radius 2 is 1.05 bits per heavy atom. The van der Waals surface area contributed by atoms with Crippen LogP contribution in [0.1, 0.15) is 0 Å². The van der Waals surface area contributed by atoms with Crippen LogP contribution in [0, 0.1) is 0 Å². The average molecular weight is 527 g/mol. The molecule has 0 amide bonds. The number of rotatable bonds is 2. The first-order chi connectivity index (χ1) is 19.8. The quantitative estimate of drug-likeness (QED) is 0.218. The summed E-state index contributed by atoms with van der Waals surface area (Å²) in [7, 11) is 0. The number of hydrogen-bond donors (Lipinski definition) is 0. The van der Waals surface area contributed by atoms with Crippen molar-refractivity contribution in [2.45, 2.75) is 0 Å². The van der Waals surface area contributed by atoms with Crippen LogP contribution in [0.4, 0.5) is 0 Å². The molecule has 0 fully saturated rings. The molecule has 0 saturated heterocycles. The van der Waals surface area contributed by atoms with Gasteiger partial charge in [-0.3, -0.25) is 0 Å². The number of para-hydroxylation sites is 1. The Morgan fingerprint density at radius 3 is 1.93 bits per heavy atom. The number of thiophene rings is 1. The Kier molecular flexibility index (Phi) is 4.55. The van der Waals surface area contributed by atoms with Crippen molar-refractivity contribution >= 4 is 75.0 Å². The summed E-state index contributed by atoms with van der Waals surface area (Å²) in [5.74, 6) is 0. The Hall–Kier alpha value is -4.92. The Balaban J connectivity index is 1.46. The Morgan fingerprint density at radius 1 is 0.425 bits per heavy atom. The number of fused-ring (bicyclic) bond motifs is 8. The average Bonchev–Trinajstić information content (AvgIpc) is 3.58. The molecule has 0 spiro atoms. The van der Waals surface area contributed by atoms with Gasteiger partial charge in [-0.2, -0.15) is 0 Å². The maximum Gasteiger partial charge on any atom is 0.144 e. The SMILES string of the molecule is c1ccc2cc(-c3c4ccccc4c(-c4ccc5sc6ccccc6c5c4)c4c3oc3ccccc34)ccc2c1. The molecule has 0 N–H and O–H groups in total. The lowest BCUT2D eigenvalue weighted by atomic mass is 9.87. The topological polar surface area (TPSA) is 13.1 Å². The molecule has 0 aliphatic carbocycles. The van der Waals surface area contributed by atoms with Crippen molar-refractivity contribution in [1.29, 1.82) is 0 Å². The minimum absolute atomic E-state index is 0.915. The van der Waals surface area contributed by atoms with Gasteiger partial charge in [0, 0.05) is 42.1 Å². The third kappa shape index (κ3) is 3.08. The van der Waals surface area contributed by atoms with Gasteiger partial charge in [-0.05, 0) is 63.0 Å². The minimum Gasteiger partial charge on any atom is -0.455 e. The van der Waals surface area contributed by atoms with E-state index in [2.05, 4.69) is 133 Å². The van der Waals surface area contributed by atoms with Crippen molar-refractivity contribution in [3.8, 4) is 22.3 Å². The van der Waals surface area contributed by atoms with Crippen LogP contribution in [-0.2, 0) is 0 Å². The van der Waals surface area contributed by atoms with Gasteiger partial charge in [0.05, 0.1) is 0 Å². The van der Waals surface area contributed by atoms with E-state index in [-0.39, 0.29) is 0 Å². The van der Waals surface area contributed by atoms with Gasteiger partial charge in [-0.1, -0.05) is 103 Å². The van der Waals surface area contributed by atoms with Gasteiger partial charge in [-0.25, -0.2) is 0 Å². The zero-order valence-electron chi connectivity index (χ0n) is 21.5. The molecule has 2 aromatic heterocycles. The molecule has 0 atom stereocenters. The summed E-state index contributed by atoms with van der Waals surface area (Å²) in [6, 6.07) is 48.2. The lowest BCUT2D eigenvalue weighted by Crippen LogP contribution is -1.89. The largest absolute Gasteiger partial charge is 0.455 e. The van der Waals surface area contributed by atoms with Crippen molar-refractivity contribution < 1.29 is 4.42 Å². The van der Waals surface area contributed by atoms with E-state index in [9.17, 15) is 0 Å². The highest BCUT2D eigenvalue weighted by molar-refractivity contribution is 7.25. The monoisotopic (exact) mass is 526 g/mol. The summed E-state index contributed by atoms with van der Waals surface area (Å²) in [6.45, 7) is 0. The van der Waals surface area contributed by atoms with Crippen LogP contribution < -0.4 is 0 Å². The second-order valence-electron chi connectivity index (χ2n) is 10.5. The van der Waals surface area contributed by atoms with E-state index in [1.807, 2.05) is 11.3 Å². The summed E-state index contributed by atoms with van der Waals surface area (Å²) in [5, 5.41) is 9.86. The van der Waals surface area contributed by atoms with E-state index in [0.717, 1.165) is 22.1 Å². The van der Waals surface area contributed by atoms with Gasteiger partial charge in [0.25, 0.3) is 0 Å². The molecule has 0 radical (unpaired) electrons. The highest BCUT2D eigenvalue weighted by Crippen LogP contribution is 2.48. The molecule has 0 unspecified atom stereocenters. The Labute approximate surface area is 234 Å². The number of benzene rings is 7. The second-order valence-corrected chi connectivity index (χ2v) is 11.6. The van der Waals surface area contributed by atoms with Gasteiger partial charge in [0.1, 0.15) is 11.2 Å². The number of hydrogen-bond acceptors (Lipinski definition) is 2. The number of furan rings is 1. The molecular formula is C38H22OS. The molecule has 0 aliphatic rings. The van der Waals surface area contributed by atoms with Crippen LogP contribution in [-0.4, -0.2) is 0 Å². The van der Waals surface area contributed by atoms with Gasteiger partial charge >= 0.3 is 0 Å². The summed E-state index contributed by atoms with van der Waals surface area (Å²) < 4.78 is 9.40. The molecule has 186 valence electrons. The first kappa shape index (κ1) is 22.0.